The van der Waals surface area contributed by atoms with Crippen molar-refractivity contribution in [2.24, 2.45) is 7.05 Å². The zero-order chi connectivity index (χ0) is 21.6. The number of carbonyl (C=O) groups is 1. The van der Waals surface area contributed by atoms with Crippen LogP contribution in [0.5, 0.6) is 5.75 Å². The van der Waals surface area contributed by atoms with Gasteiger partial charge in [-0.25, -0.2) is 18.2 Å². The third-order valence-corrected chi connectivity index (χ3v) is 5.35. The average Bonchev–Trinajstić information content (AvgIpc) is 3.08. The molecule has 0 spiro atoms. The molecular weight excluding hydrogens is 397 g/mol. The number of benzene rings is 1. The molecule has 9 heteroatoms. The van der Waals surface area contributed by atoms with Crippen LogP contribution in [0.1, 0.15) is 34.7 Å². The van der Waals surface area contributed by atoms with E-state index in [2.05, 4.69) is 10.1 Å². The molecule has 0 saturated heterocycles. The number of halogens is 3. The van der Waals surface area contributed by atoms with Gasteiger partial charge in [0.2, 0.25) is 0 Å². The lowest BCUT2D eigenvalue weighted by atomic mass is 9.95. The first kappa shape index (κ1) is 19.9. The summed E-state index contributed by atoms with van der Waals surface area (Å²) in [6.45, 7) is 2.19. The van der Waals surface area contributed by atoms with Crippen LogP contribution in [0.25, 0.3) is 11.3 Å². The summed E-state index contributed by atoms with van der Waals surface area (Å²) in [4.78, 5) is 18.9. The molecule has 0 bridgehead atoms. The second-order valence-electron chi connectivity index (χ2n) is 7.07. The number of aryl methyl sites for hydroxylation is 1. The van der Waals surface area contributed by atoms with Crippen molar-refractivity contribution in [3.8, 4) is 17.0 Å². The van der Waals surface area contributed by atoms with Gasteiger partial charge in [0.15, 0.2) is 23.1 Å². The van der Waals surface area contributed by atoms with Gasteiger partial charge in [-0.3, -0.25) is 9.48 Å². The van der Waals surface area contributed by atoms with Gasteiger partial charge in [-0.2, -0.15) is 5.10 Å². The van der Waals surface area contributed by atoms with E-state index in [0.29, 0.717) is 30.1 Å². The van der Waals surface area contributed by atoms with Gasteiger partial charge in [-0.1, -0.05) is 0 Å². The summed E-state index contributed by atoms with van der Waals surface area (Å²) in [5, 5.41) is 4.49. The highest BCUT2D eigenvalue weighted by atomic mass is 19.2. The maximum absolute atomic E-state index is 13.8. The number of nitrogens with zero attached hydrogens (tertiary/aromatic N) is 4. The molecule has 3 heterocycles. The lowest BCUT2D eigenvalue weighted by Crippen LogP contribution is -2.39. The number of aromatic nitrogens is 3. The Bertz CT molecular complexity index is 1120. The first-order valence-corrected chi connectivity index (χ1v) is 9.34. The molecule has 0 N–H and O–H groups in total. The third kappa shape index (κ3) is 3.10. The van der Waals surface area contributed by atoms with E-state index in [1.807, 2.05) is 6.92 Å². The van der Waals surface area contributed by atoms with Crippen LogP contribution in [-0.4, -0.2) is 39.2 Å². The van der Waals surface area contributed by atoms with Gasteiger partial charge in [-0.05, 0) is 37.6 Å². The fraction of sp³-hybridized carbons (Fsp3) is 0.286. The van der Waals surface area contributed by atoms with Crippen molar-refractivity contribution in [2.75, 3.05) is 13.7 Å². The van der Waals surface area contributed by atoms with E-state index in [0.717, 1.165) is 17.7 Å². The minimum atomic E-state index is -1.51. The Labute approximate surface area is 170 Å². The molecule has 4 rings (SSSR count). The molecule has 1 amide bonds. The van der Waals surface area contributed by atoms with E-state index < -0.39 is 23.5 Å². The van der Waals surface area contributed by atoms with Crippen LogP contribution in [0.3, 0.4) is 0 Å². The van der Waals surface area contributed by atoms with Gasteiger partial charge >= 0.3 is 0 Å². The molecule has 0 fully saturated rings. The van der Waals surface area contributed by atoms with Crippen molar-refractivity contribution in [1.29, 1.82) is 0 Å². The summed E-state index contributed by atoms with van der Waals surface area (Å²) in [6.07, 6.45) is 1.94. The lowest BCUT2D eigenvalue weighted by molar-refractivity contribution is 0.0663. The largest absolute Gasteiger partial charge is 0.494 e. The van der Waals surface area contributed by atoms with Crippen LogP contribution in [-0.2, 0) is 13.5 Å². The number of hydrogen-bond acceptors (Lipinski definition) is 4. The molecule has 3 aromatic rings. The van der Waals surface area contributed by atoms with E-state index in [9.17, 15) is 18.0 Å². The van der Waals surface area contributed by atoms with Crippen LogP contribution in [0, 0.1) is 17.5 Å². The number of carbonyl (C=O) groups excluding carboxylic acids is 1. The zero-order valence-electron chi connectivity index (χ0n) is 16.6. The minimum absolute atomic E-state index is 0.195. The Morgan fingerprint density at radius 3 is 2.60 bits per heavy atom. The van der Waals surface area contributed by atoms with Crippen LogP contribution in [0.2, 0.25) is 0 Å². The summed E-state index contributed by atoms with van der Waals surface area (Å²) in [7, 11) is 3.12. The molecular formula is C21H19F3N4O2. The Hall–Kier alpha value is -3.36. The molecule has 1 atom stereocenters. The minimum Gasteiger partial charge on any atom is -0.494 e. The predicted molar refractivity (Wildman–Crippen MR) is 102 cm³/mol. The number of ether oxygens (including phenoxy) is 1. The second kappa shape index (κ2) is 7.47. The number of methoxy groups -OCH3 is 1. The molecule has 0 radical (unpaired) electrons. The molecule has 0 saturated carbocycles. The predicted octanol–water partition coefficient (Wildman–Crippen LogP) is 3.67. The molecule has 0 unspecified atom stereocenters. The molecule has 6 nitrogen and oxygen atoms in total. The van der Waals surface area contributed by atoms with E-state index in [1.165, 1.54) is 18.0 Å². The maximum atomic E-state index is 13.8. The van der Waals surface area contributed by atoms with Crippen molar-refractivity contribution in [3.63, 3.8) is 0 Å². The lowest BCUT2D eigenvalue weighted by Gasteiger charge is -2.33. The first-order chi connectivity index (χ1) is 14.3. The van der Waals surface area contributed by atoms with Crippen molar-refractivity contribution < 1.29 is 22.7 Å². The Kier molecular flexibility index (Phi) is 4.97. The molecule has 1 aliphatic heterocycles. The maximum Gasteiger partial charge on any atom is 0.276 e. The summed E-state index contributed by atoms with van der Waals surface area (Å²) < 4.78 is 47.7. The SMILES string of the molecule is COc1cccnc1C(=O)N1CCc2c(nn(C)c2-c2cc(F)c(F)c(F)c2)[C@@H]1C. The number of pyridine rings is 1. The van der Waals surface area contributed by atoms with Gasteiger partial charge in [0.1, 0.15) is 5.75 Å². The van der Waals surface area contributed by atoms with Gasteiger partial charge < -0.3 is 9.64 Å². The van der Waals surface area contributed by atoms with Crippen LogP contribution in [0.15, 0.2) is 30.5 Å². The molecule has 2 aromatic heterocycles. The Morgan fingerprint density at radius 1 is 1.23 bits per heavy atom. The summed E-state index contributed by atoms with van der Waals surface area (Å²) in [5.74, 6) is -3.95. The number of hydrogen-bond donors (Lipinski definition) is 0. The monoisotopic (exact) mass is 416 g/mol. The highest BCUT2D eigenvalue weighted by Gasteiger charge is 2.35. The molecule has 1 aliphatic rings. The van der Waals surface area contributed by atoms with Gasteiger partial charge in [0.05, 0.1) is 24.5 Å². The first-order valence-electron chi connectivity index (χ1n) is 9.34. The van der Waals surface area contributed by atoms with E-state index in [1.54, 1.807) is 24.1 Å². The smallest absolute Gasteiger partial charge is 0.276 e. The van der Waals surface area contributed by atoms with Gasteiger partial charge in [-0.15, -0.1) is 0 Å². The van der Waals surface area contributed by atoms with Crippen molar-refractivity contribution in [3.05, 3.63) is 64.9 Å². The van der Waals surface area contributed by atoms with E-state index in [-0.39, 0.29) is 17.2 Å². The number of amides is 1. The van der Waals surface area contributed by atoms with E-state index >= 15 is 0 Å². The molecule has 30 heavy (non-hydrogen) atoms. The van der Waals surface area contributed by atoms with Gasteiger partial charge in [0, 0.05) is 30.9 Å². The van der Waals surface area contributed by atoms with Crippen molar-refractivity contribution in [2.45, 2.75) is 19.4 Å². The topological polar surface area (TPSA) is 60.2 Å². The van der Waals surface area contributed by atoms with Crippen LogP contribution < -0.4 is 4.74 Å². The van der Waals surface area contributed by atoms with E-state index in [4.69, 9.17) is 4.74 Å². The van der Waals surface area contributed by atoms with Crippen molar-refractivity contribution >= 4 is 5.91 Å². The standard InChI is InChI=1S/C21H19F3N4O2/c1-11-18-13(6-8-28(11)21(29)19-16(30-3)5-4-7-25-19)20(27(2)26-18)12-9-14(22)17(24)15(23)10-12/h4-5,7,9-11H,6,8H2,1-3H3/t11-/m0/s1. The number of fused-ring (bicyclic) bond motifs is 1. The van der Waals surface area contributed by atoms with Crippen LogP contribution >= 0.6 is 0 Å². The second-order valence-corrected chi connectivity index (χ2v) is 7.07. The van der Waals surface area contributed by atoms with Crippen LogP contribution in [0.4, 0.5) is 13.2 Å². The summed E-state index contributed by atoms with van der Waals surface area (Å²) >= 11 is 0. The molecule has 0 aliphatic carbocycles. The van der Waals surface area contributed by atoms with Gasteiger partial charge in [0.25, 0.3) is 5.91 Å². The number of rotatable bonds is 3. The summed E-state index contributed by atoms with van der Waals surface area (Å²) in [5.41, 5.74) is 2.28. The fourth-order valence-electron chi connectivity index (χ4n) is 3.93. The fourth-order valence-corrected chi connectivity index (χ4v) is 3.93. The third-order valence-electron chi connectivity index (χ3n) is 5.35. The zero-order valence-corrected chi connectivity index (χ0v) is 16.6. The van der Waals surface area contributed by atoms with Crippen molar-refractivity contribution in [1.82, 2.24) is 19.7 Å². The normalized spacial score (nSPS) is 15.8. The molecule has 156 valence electrons. The Balaban J connectivity index is 1.73. The molecule has 1 aromatic carbocycles. The Morgan fingerprint density at radius 2 is 1.93 bits per heavy atom. The average molecular weight is 416 g/mol. The quantitative estimate of drug-likeness (QED) is 0.612. The highest BCUT2D eigenvalue weighted by molar-refractivity contribution is 5.95. The highest BCUT2D eigenvalue weighted by Crippen LogP contribution is 2.37. The summed E-state index contributed by atoms with van der Waals surface area (Å²) in [6, 6.07) is 4.85.